The number of nitrogens with zero attached hydrogens (tertiary/aromatic N) is 2. The molecule has 2 aromatic rings. The van der Waals surface area contributed by atoms with Crippen molar-refractivity contribution < 1.29 is 28.2 Å². The number of hydrogen-bond acceptors (Lipinski definition) is 5. The molecular weight excluding hydrogens is 448 g/mol. The Morgan fingerprint density at radius 3 is 2.53 bits per heavy atom. The largest absolute Gasteiger partial charge is 0.477 e. The number of amides is 1. The van der Waals surface area contributed by atoms with E-state index in [9.17, 15) is 19.5 Å². The van der Waals surface area contributed by atoms with Crippen LogP contribution in [-0.4, -0.2) is 46.5 Å². The normalized spacial score (nSPS) is 24.0. The number of carboxylic acid groups (broad SMARTS) is 1. The van der Waals surface area contributed by atoms with Gasteiger partial charge < -0.3 is 24.6 Å². The number of aromatic nitrogens is 1. The number of alkyl carbamates (subject to hydrolysis) is 1. The van der Waals surface area contributed by atoms with Crippen molar-refractivity contribution in [1.82, 2.24) is 9.88 Å². The highest BCUT2D eigenvalue weighted by atomic mass is 19.1. The SMILES string of the molecule is CC(C)(C)OC(=O)NC1CN(c2c(F)cc3c(=O)c(C(=O)O)cn(C4CC4)c3c2F)CC2CC21. The van der Waals surface area contributed by atoms with E-state index in [1.807, 2.05) is 0 Å². The van der Waals surface area contributed by atoms with Crippen LogP contribution >= 0.6 is 0 Å². The molecule has 3 fully saturated rings. The second-order valence-corrected chi connectivity index (χ2v) is 10.5. The zero-order valence-corrected chi connectivity index (χ0v) is 19.2. The molecule has 3 unspecified atom stereocenters. The summed E-state index contributed by atoms with van der Waals surface area (Å²) in [5.74, 6) is -2.84. The quantitative estimate of drug-likeness (QED) is 0.700. The lowest BCUT2D eigenvalue weighted by atomic mass is 10.0. The van der Waals surface area contributed by atoms with E-state index in [2.05, 4.69) is 5.32 Å². The van der Waals surface area contributed by atoms with Crippen LogP contribution in [0.1, 0.15) is 56.4 Å². The maximum Gasteiger partial charge on any atom is 0.407 e. The molecular formula is C24H27F2N3O5. The molecule has 0 spiro atoms. The summed E-state index contributed by atoms with van der Waals surface area (Å²) in [4.78, 5) is 38.1. The van der Waals surface area contributed by atoms with Gasteiger partial charge in [0.05, 0.1) is 16.9 Å². The van der Waals surface area contributed by atoms with Crippen molar-refractivity contribution in [1.29, 1.82) is 0 Å². The Kier molecular flexibility index (Phi) is 5.11. The topological polar surface area (TPSA) is 101 Å². The fourth-order valence-corrected chi connectivity index (χ4v) is 5.01. The average Bonchev–Trinajstić information content (AvgIpc) is 3.61. The monoisotopic (exact) mass is 475 g/mol. The number of fused-ring (bicyclic) bond motifs is 2. The van der Waals surface area contributed by atoms with Crippen LogP contribution in [-0.2, 0) is 4.74 Å². The van der Waals surface area contributed by atoms with Gasteiger partial charge in [0.25, 0.3) is 0 Å². The van der Waals surface area contributed by atoms with Gasteiger partial charge in [-0.05, 0) is 57.9 Å². The smallest absolute Gasteiger partial charge is 0.407 e. The number of hydrogen-bond donors (Lipinski definition) is 2. The van der Waals surface area contributed by atoms with E-state index in [1.54, 1.807) is 25.7 Å². The molecule has 2 saturated carbocycles. The standard InChI is InChI=1S/C24H27F2N3O5/c1-24(2,3)34-23(33)27-17-10-28(8-11-6-13(11)17)20-16(25)7-14-19(18(20)26)29(12-4-5-12)9-15(21(14)30)22(31)32/h7,9,11-13,17H,4-6,8,10H2,1-3H3,(H,27,33)(H,31,32). The van der Waals surface area contributed by atoms with Crippen molar-refractivity contribution in [2.24, 2.45) is 11.8 Å². The Balaban J connectivity index is 1.53. The lowest BCUT2D eigenvalue weighted by molar-refractivity contribution is 0.0494. The third kappa shape index (κ3) is 3.99. The summed E-state index contributed by atoms with van der Waals surface area (Å²) < 4.78 is 38.0. The minimum Gasteiger partial charge on any atom is -0.477 e. The highest BCUT2D eigenvalue weighted by molar-refractivity contribution is 5.94. The molecule has 8 nitrogen and oxygen atoms in total. The molecule has 1 amide bonds. The molecule has 2 N–H and O–H groups in total. The van der Waals surface area contributed by atoms with Gasteiger partial charge in [-0.25, -0.2) is 18.4 Å². The van der Waals surface area contributed by atoms with Crippen molar-refractivity contribution in [2.45, 2.75) is 57.7 Å². The van der Waals surface area contributed by atoms with Gasteiger partial charge in [-0.3, -0.25) is 4.79 Å². The molecule has 0 bridgehead atoms. The van der Waals surface area contributed by atoms with E-state index in [-0.39, 0.29) is 47.1 Å². The Labute approximate surface area is 194 Å². The molecule has 182 valence electrons. The summed E-state index contributed by atoms with van der Waals surface area (Å²) in [6.07, 6.45) is 2.86. The number of nitrogens with one attached hydrogen (secondary N) is 1. The van der Waals surface area contributed by atoms with Crippen LogP contribution in [0.3, 0.4) is 0 Å². The van der Waals surface area contributed by atoms with Crippen LogP contribution in [0.25, 0.3) is 10.9 Å². The highest BCUT2D eigenvalue weighted by Crippen LogP contribution is 2.47. The average molecular weight is 475 g/mol. The molecule has 2 aliphatic carbocycles. The van der Waals surface area contributed by atoms with Gasteiger partial charge in [0.2, 0.25) is 5.43 Å². The van der Waals surface area contributed by atoms with Crippen molar-refractivity contribution in [2.75, 3.05) is 18.0 Å². The molecule has 1 aromatic carbocycles. The molecule has 5 rings (SSSR count). The van der Waals surface area contributed by atoms with E-state index in [0.29, 0.717) is 6.54 Å². The first-order chi connectivity index (χ1) is 15.9. The number of benzene rings is 1. The van der Waals surface area contributed by atoms with Gasteiger partial charge in [-0.2, -0.15) is 0 Å². The molecule has 0 radical (unpaired) electrons. The number of aromatic carboxylic acids is 1. The number of carboxylic acids is 1. The fourth-order valence-electron chi connectivity index (χ4n) is 5.01. The Hall–Kier alpha value is -3.17. The van der Waals surface area contributed by atoms with Crippen LogP contribution < -0.4 is 15.6 Å². The molecule has 10 heteroatoms. The van der Waals surface area contributed by atoms with Crippen LogP contribution in [0.5, 0.6) is 0 Å². The van der Waals surface area contributed by atoms with E-state index in [1.165, 1.54) is 4.57 Å². The van der Waals surface area contributed by atoms with Crippen LogP contribution in [0.15, 0.2) is 17.1 Å². The van der Waals surface area contributed by atoms with Crippen LogP contribution in [0, 0.1) is 23.5 Å². The molecule has 1 aliphatic heterocycles. The maximum absolute atomic E-state index is 15.9. The van der Waals surface area contributed by atoms with Crippen molar-refractivity contribution >= 4 is 28.7 Å². The van der Waals surface area contributed by atoms with Crippen molar-refractivity contribution in [3.8, 4) is 0 Å². The van der Waals surface area contributed by atoms with Crippen LogP contribution in [0.2, 0.25) is 0 Å². The number of piperidine rings is 1. The molecule has 1 saturated heterocycles. The lowest BCUT2D eigenvalue weighted by Gasteiger charge is -2.35. The first-order valence-electron chi connectivity index (χ1n) is 11.5. The predicted octanol–water partition coefficient (Wildman–Crippen LogP) is 3.66. The number of pyridine rings is 1. The second-order valence-electron chi connectivity index (χ2n) is 10.5. The minimum atomic E-state index is -1.43. The fraction of sp³-hybridized carbons (Fsp3) is 0.542. The predicted molar refractivity (Wildman–Crippen MR) is 120 cm³/mol. The second kappa shape index (κ2) is 7.68. The Bertz CT molecular complexity index is 1260. The van der Waals surface area contributed by atoms with Crippen molar-refractivity contribution in [3.63, 3.8) is 0 Å². The maximum atomic E-state index is 15.9. The molecule has 1 aromatic heterocycles. The number of carbonyl (C=O) groups excluding carboxylic acids is 1. The van der Waals surface area contributed by atoms with E-state index in [0.717, 1.165) is 31.5 Å². The summed E-state index contributed by atoms with van der Waals surface area (Å²) in [5, 5.41) is 12.0. The Morgan fingerprint density at radius 1 is 1.21 bits per heavy atom. The van der Waals surface area contributed by atoms with Gasteiger partial charge in [0.15, 0.2) is 5.82 Å². The summed E-state index contributed by atoms with van der Waals surface area (Å²) >= 11 is 0. The molecule has 3 aliphatic rings. The first kappa shape index (κ1) is 22.6. The zero-order chi connectivity index (χ0) is 24.5. The third-order valence-corrected chi connectivity index (χ3v) is 6.74. The van der Waals surface area contributed by atoms with Gasteiger partial charge >= 0.3 is 12.1 Å². The number of halogens is 2. The number of carbonyl (C=O) groups is 2. The number of ether oxygens (including phenoxy) is 1. The summed E-state index contributed by atoms with van der Waals surface area (Å²) in [5.41, 5.74) is -2.42. The van der Waals surface area contributed by atoms with Gasteiger partial charge in [0, 0.05) is 25.3 Å². The van der Waals surface area contributed by atoms with Gasteiger partial charge in [-0.1, -0.05) is 0 Å². The summed E-state index contributed by atoms with van der Waals surface area (Å²) in [7, 11) is 0. The summed E-state index contributed by atoms with van der Waals surface area (Å²) in [6, 6.07) is 0.476. The zero-order valence-electron chi connectivity index (χ0n) is 19.2. The van der Waals surface area contributed by atoms with E-state index in [4.69, 9.17) is 4.74 Å². The Morgan fingerprint density at radius 2 is 1.91 bits per heavy atom. The molecule has 34 heavy (non-hydrogen) atoms. The molecule has 3 atom stereocenters. The van der Waals surface area contributed by atoms with E-state index >= 15 is 8.78 Å². The van der Waals surface area contributed by atoms with Crippen LogP contribution in [0.4, 0.5) is 19.3 Å². The number of rotatable bonds is 4. The minimum absolute atomic E-state index is 0.0801. The first-order valence-corrected chi connectivity index (χ1v) is 11.5. The number of anilines is 1. The van der Waals surface area contributed by atoms with Gasteiger partial charge in [-0.15, -0.1) is 0 Å². The van der Waals surface area contributed by atoms with E-state index < -0.39 is 40.3 Å². The summed E-state index contributed by atoms with van der Waals surface area (Å²) in [6.45, 7) is 5.90. The van der Waals surface area contributed by atoms with Crippen molar-refractivity contribution in [3.05, 3.63) is 39.7 Å². The third-order valence-electron chi connectivity index (χ3n) is 6.74. The highest BCUT2D eigenvalue weighted by Gasteiger charge is 2.49. The lowest BCUT2D eigenvalue weighted by Crippen LogP contribution is -2.51. The van der Waals surface area contributed by atoms with Gasteiger partial charge in [0.1, 0.15) is 22.7 Å². The molecule has 2 heterocycles.